The molecule has 1 aromatic rings. The molecule has 0 amide bonds. The molecule has 0 aromatic carbocycles. The number of hydrogen-bond acceptors (Lipinski definition) is 1. The van der Waals surface area contributed by atoms with Gasteiger partial charge >= 0.3 is 0 Å². The number of hydrogen-bond donors (Lipinski definition) is 0. The van der Waals surface area contributed by atoms with Crippen LogP contribution in [0.25, 0.3) is 0 Å². The lowest BCUT2D eigenvalue weighted by Crippen LogP contribution is -1.97. The van der Waals surface area contributed by atoms with Crippen molar-refractivity contribution in [1.29, 1.82) is 0 Å². The van der Waals surface area contributed by atoms with Crippen LogP contribution in [-0.4, -0.2) is 4.98 Å². The van der Waals surface area contributed by atoms with Crippen LogP contribution in [0.4, 0.5) is 17.6 Å². The Morgan fingerprint density at radius 2 is 2.00 bits per heavy atom. The number of nitrogens with zero attached hydrogens (tertiary/aromatic N) is 1. The van der Waals surface area contributed by atoms with E-state index in [1.54, 1.807) is 0 Å². The molecule has 0 unspecified atom stereocenters. The molecule has 1 nitrogen and oxygen atoms in total. The van der Waals surface area contributed by atoms with Gasteiger partial charge in [-0.15, -0.1) is 0 Å². The minimum absolute atomic E-state index is 0.576. The molecule has 5 heteroatoms. The van der Waals surface area contributed by atoms with Crippen LogP contribution in [0.1, 0.15) is 17.8 Å². The van der Waals surface area contributed by atoms with E-state index in [9.17, 15) is 17.6 Å². The first kappa shape index (κ1) is 8.96. The van der Waals surface area contributed by atoms with E-state index in [0.717, 1.165) is 12.1 Å². The first-order valence-electron chi connectivity index (χ1n) is 3.14. The highest BCUT2D eigenvalue weighted by Crippen LogP contribution is 2.17. The van der Waals surface area contributed by atoms with Crippen molar-refractivity contribution in [2.45, 2.75) is 13.1 Å². The summed E-state index contributed by atoms with van der Waals surface area (Å²) in [4.78, 5) is 3.09. The zero-order valence-corrected chi connectivity index (χ0v) is 5.90. The van der Waals surface area contributed by atoms with Gasteiger partial charge in [-0.2, -0.15) is 0 Å². The second-order valence-electron chi connectivity index (χ2n) is 2.10. The van der Waals surface area contributed by atoms with Crippen LogP contribution in [0.3, 0.4) is 0 Å². The molecule has 66 valence electrons. The molecule has 12 heavy (non-hydrogen) atoms. The summed E-state index contributed by atoms with van der Waals surface area (Å²) < 4.78 is 48.2. The Bertz CT molecular complexity index is 274. The highest BCUT2D eigenvalue weighted by atomic mass is 19.3. The van der Waals surface area contributed by atoms with Crippen LogP contribution in [0.5, 0.6) is 0 Å². The Hall–Kier alpha value is -1.13. The lowest BCUT2D eigenvalue weighted by Gasteiger charge is -2.00. The van der Waals surface area contributed by atoms with Crippen LogP contribution in [0.15, 0.2) is 12.1 Å². The first-order valence-corrected chi connectivity index (χ1v) is 3.14. The molecule has 0 saturated carbocycles. The highest BCUT2D eigenvalue weighted by Gasteiger charge is 2.11. The van der Waals surface area contributed by atoms with Gasteiger partial charge in [-0.1, -0.05) is 0 Å². The first-order chi connectivity index (χ1) is 5.65. The minimum Gasteiger partial charge on any atom is -0.246 e. The predicted octanol–water partition coefficient (Wildman–Crippen LogP) is 2.63. The van der Waals surface area contributed by atoms with Crippen LogP contribution < -0.4 is 0 Å². The van der Waals surface area contributed by atoms with Crippen molar-refractivity contribution in [2.24, 2.45) is 0 Å². The molecule has 1 heterocycles. The third-order valence-electron chi connectivity index (χ3n) is 1.29. The maximum atomic E-state index is 12.5. The third-order valence-corrected chi connectivity index (χ3v) is 1.29. The van der Waals surface area contributed by atoms with Crippen LogP contribution >= 0.6 is 0 Å². The van der Waals surface area contributed by atoms with E-state index in [1.807, 2.05) is 0 Å². The van der Waals surface area contributed by atoms with E-state index in [0.29, 0.717) is 0 Å². The Kier molecular flexibility index (Phi) is 2.62. The van der Waals surface area contributed by atoms with Gasteiger partial charge in [-0.25, -0.2) is 22.5 Å². The molecule has 0 bridgehead atoms. The second kappa shape index (κ2) is 3.51. The Morgan fingerprint density at radius 1 is 1.33 bits per heavy atom. The van der Waals surface area contributed by atoms with Gasteiger partial charge in [0.15, 0.2) is 0 Å². The lowest BCUT2D eigenvalue weighted by atomic mass is 10.3. The summed E-state index contributed by atoms with van der Waals surface area (Å²) in [5.74, 6) is -0.901. The summed E-state index contributed by atoms with van der Waals surface area (Å²) in [6.45, 7) is -1.17. The van der Waals surface area contributed by atoms with Crippen molar-refractivity contribution >= 4 is 0 Å². The monoisotopic (exact) mass is 179 g/mol. The van der Waals surface area contributed by atoms with Crippen LogP contribution in [0, 0.1) is 5.82 Å². The fourth-order valence-electron chi connectivity index (χ4n) is 0.716. The minimum atomic E-state index is -2.80. The highest BCUT2D eigenvalue weighted by molar-refractivity contribution is 5.13. The van der Waals surface area contributed by atoms with Crippen molar-refractivity contribution < 1.29 is 17.6 Å². The maximum Gasteiger partial charge on any atom is 0.280 e. The average molecular weight is 179 g/mol. The van der Waals surface area contributed by atoms with E-state index in [2.05, 4.69) is 4.98 Å². The standard InChI is InChI=1S/C7H5F4N/c8-3-6-4(9)1-2-5(12-6)7(10)11/h1-2,7H,3H2. The van der Waals surface area contributed by atoms with Crippen LogP contribution in [-0.2, 0) is 6.67 Å². The lowest BCUT2D eigenvalue weighted by molar-refractivity contribution is 0.145. The van der Waals surface area contributed by atoms with Gasteiger partial charge in [-0.05, 0) is 12.1 Å². The second-order valence-corrected chi connectivity index (χ2v) is 2.10. The van der Waals surface area contributed by atoms with Gasteiger partial charge in [0.05, 0.1) is 0 Å². The molecule has 0 atom stereocenters. The number of rotatable bonds is 2. The van der Waals surface area contributed by atoms with Gasteiger partial charge in [0.1, 0.15) is 23.9 Å². The van der Waals surface area contributed by atoms with E-state index < -0.39 is 30.3 Å². The molecule has 0 saturated heterocycles. The average Bonchev–Trinajstić information content (AvgIpc) is 2.05. The van der Waals surface area contributed by atoms with Crippen LogP contribution in [0.2, 0.25) is 0 Å². The summed E-state index contributed by atoms with van der Waals surface area (Å²) in [5.41, 5.74) is -1.18. The molecule has 0 fully saturated rings. The summed E-state index contributed by atoms with van der Waals surface area (Å²) in [6, 6.07) is 1.61. The Balaban J connectivity index is 3.05. The fourth-order valence-corrected chi connectivity index (χ4v) is 0.716. The van der Waals surface area contributed by atoms with Crippen molar-refractivity contribution in [3.8, 4) is 0 Å². The van der Waals surface area contributed by atoms with Gasteiger partial charge in [-0.3, -0.25) is 0 Å². The Morgan fingerprint density at radius 3 is 2.50 bits per heavy atom. The van der Waals surface area contributed by atoms with Gasteiger partial charge in [0.2, 0.25) is 0 Å². The summed E-state index contributed by atoms with van der Waals surface area (Å²) in [6.07, 6.45) is -2.80. The smallest absolute Gasteiger partial charge is 0.246 e. The maximum absolute atomic E-state index is 12.5. The zero-order valence-electron chi connectivity index (χ0n) is 5.90. The number of halogens is 4. The number of aromatic nitrogens is 1. The molecule has 1 aromatic heterocycles. The Labute approximate surface area is 66.0 Å². The van der Waals surface area contributed by atoms with Crippen molar-refractivity contribution in [2.75, 3.05) is 0 Å². The van der Waals surface area contributed by atoms with Crippen molar-refractivity contribution in [3.05, 3.63) is 29.3 Å². The normalized spacial score (nSPS) is 10.8. The molecule has 0 spiro atoms. The van der Waals surface area contributed by atoms with Gasteiger partial charge < -0.3 is 0 Å². The van der Waals surface area contributed by atoms with Gasteiger partial charge in [0, 0.05) is 0 Å². The SMILES string of the molecule is FCc1nc(C(F)F)ccc1F. The fraction of sp³-hybridized carbons (Fsp3) is 0.286. The van der Waals surface area contributed by atoms with Gasteiger partial charge in [0.25, 0.3) is 6.43 Å². The van der Waals surface area contributed by atoms with E-state index >= 15 is 0 Å². The van der Waals surface area contributed by atoms with E-state index in [1.165, 1.54) is 0 Å². The summed E-state index contributed by atoms with van der Waals surface area (Å²) >= 11 is 0. The third kappa shape index (κ3) is 1.72. The van der Waals surface area contributed by atoms with Crippen molar-refractivity contribution in [3.63, 3.8) is 0 Å². The molecule has 0 aliphatic rings. The summed E-state index contributed by atoms with van der Waals surface area (Å²) in [5, 5.41) is 0. The van der Waals surface area contributed by atoms with E-state index in [4.69, 9.17) is 0 Å². The van der Waals surface area contributed by atoms with Crippen molar-refractivity contribution in [1.82, 2.24) is 4.98 Å². The predicted molar refractivity (Wildman–Crippen MR) is 34.0 cm³/mol. The molecule has 0 N–H and O–H groups in total. The molecular weight excluding hydrogens is 174 g/mol. The molecule has 0 aliphatic heterocycles. The van der Waals surface area contributed by atoms with E-state index in [-0.39, 0.29) is 0 Å². The molecule has 0 radical (unpaired) electrons. The topological polar surface area (TPSA) is 12.9 Å². The molecular formula is C7H5F4N. The molecule has 0 aliphatic carbocycles. The summed E-state index contributed by atoms with van der Waals surface area (Å²) in [7, 11) is 0. The number of alkyl halides is 3. The zero-order chi connectivity index (χ0) is 9.14. The quantitative estimate of drug-likeness (QED) is 0.636. The largest absolute Gasteiger partial charge is 0.280 e. The molecule has 1 rings (SSSR count). The number of pyridine rings is 1.